The van der Waals surface area contributed by atoms with Crippen molar-refractivity contribution in [3.8, 4) is 0 Å². The summed E-state index contributed by atoms with van der Waals surface area (Å²) in [7, 11) is 6.26. The molecule has 2 heterocycles. The summed E-state index contributed by atoms with van der Waals surface area (Å²) in [6, 6.07) is 8.07. The zero-order valence-corrected chi connectivity index (χ0v) is 17.8. The van der Waals surface area contributed by atoms with E-state index < -0.39 is 24.0 Å². The monoisotopic (exact) mass is 422 g/mol. The number of imide groups is 1. The molecule has 2 unspecified atom stereocenters. The number of quaternary nitrogens is 1. The highest BCUT2D eigenvalue weighted by Gasteiger charge is 2.45. The Balaban J connectivity index is 1.81. The SMILES string of the molecule is C[N+](C)(C)CCCNC(=O)N1C(=O)C(C(O)c2cccs2)c2cc(Cl)ccc21. The van der Waals surface area contributed by atoms with Gasteiger partial charge < -0.3 is 14.9 Å². The summed E-state index contributed by atoms with van der Waals surface area (Å²) in [6.07, 6.45) is -0.230. The Morgan fingerprint density at radius 1 is 1.36 bits per heavy atom. The zero-order valence-electron chi connectivity index (χ0n) is 16.2. The van der Waals surface area contributed by atoms with E-state index in [-0.39, 0.29) is 0 Å². The number of aliphatic hydroxyl groups excluding tert-OH is 1. The van der Waals surface area contributed by atoms with Gasteiger partial charge in [0.15, 0.2) is 0 Å². The molecule has 6 nitrogen and oxygen atoms in total. The number of benzene rings is 1. The first kappa shape index (κ1) is 20.8. The maximum Gasteiger partial charge on any atom is 0.328 e. The maximum absolute atomic E-state index is 13.1. The van der Waals surface area contributed by atoms with Crippen molar-refractivity contribution in [2.45, 2.75) is 18.4 Å². The van der Waals surface area contributed by atoms with Gasteiger partial charge in [0.1, 0.15) is 6.10 Å². The Labute approximate surface area is 173 Å². The number of nitrogens with one attached hydrogen (secondary N) is 1. The lowest BCUT2D eigenvalue weighted by atomic mass is 9.94. The lowest BCUT2D eigenvalue weighted by Crippen LogP contribution is -2.44. The standard InChI is InChI=1S/C20H24ClN3O3S/c1-24(2,3)10-5-9-22-20(27)23-15-8-7-13(21)12-14(15)17(19(23)26)18(25)16-6-4-11-28-16/h4,6-8,11-12,17-18,25H,5,9-10H2,1-3H3/p+1. The van der Waals surface area contributed by atoms with Crippen LogP contribution in [0, 0.1) is 0 Å². The topological polar surface area (TPSA) is 69.6 Å². The first-order valence-corrected chi connectivity index (χ1v) is 10.4. The molecule has 0 aliphatic carbocycles. The van der Waals surface area contributed by atoms with Gasteiger partial charge in [-0.3, -0.25) is 4.79 Å². The summed E-state index contributed by atoms with van der Waals surface area (Å²) < 4.78 is 0.801. The number of hydrogen-bond acceptors (Lipinski definition) is 4. The van der Waals surface area contributed by atoms with Gasteiger partial charge >= 0.3 is 6.03 Å². The molecular formula is C20H25ClN3O3S+. The fourth-order valence-electron chi connectivity index (χ4n) is 3.34. The van der Waals surface area contributed by atoms with Gasteiger partial charge in [-0.1, -0.05) is 17.7 Å². The van der Waals surface area contributed by atoms with Crippen LogP contribution in [0.2, 0.25) is 5.02 Å². The van der Waals surface area contributed by atoms with E-state index in [9.17, 15) is 14.7 Å². The molecule has 0 fully saturated rings. The normalized spacial score (nSPS) is 17.5. The quantitative estimate of drug-likeness (QED) is 0.554. The summed E-state index contributed by atoms with van der Waals surface area (Å²) in [6.45, 7) is 1.37. The van der Waals surface area contributed by atoms with Crippen molar-refractivity contribution in [1.29, 1.82) is 0 Å². The molecule has 2 atom stereocenters. The molecular weight excluding hydrogens is 398 g/mol. The second kappa shape index (κ2) is 8.21. The molecule has 1 aliphatic heterocycles. The first-order chi connectivity index (χ1) is 13.2. The molecule has 0 spiro atoms. The zero-order chi connectivity index (χ0) is 20.5. The van der Waals surface area contributed by atoms with Crippen molar-refractivity contribution >= 4 is 40.6 Å². The number of halogens is 1. The molecule has 8 heteroatoms. The minimum Gasteiger partial charge on any atom is -0.386 e. The Hall–Kier alpha value is -1.93. The lowest BCUT2D eigenvalue weighted by Gasteiger charge is -2.24. The molecule has 0 radical (unpaired) electrons. The van der Waals surface area contributed by atoms with E-state index in [1.807, 2.05) is 11.4 Å². The number of fused-ring (bicyclic) bond motifs is 1. The molecule has 2 aromatic rings. The number of nitrogens with zero attached hydrogens (tertiary/aromatic N) is 2. The first-order valence-electron chi connectivity index (χ1n) is 9.12. The smallest absolute Gasteiger partial charge is 0.328 e. The molecule has 0 saturated carbocycles. The Kier molecular flexibility index (Phi) is 6.09. The molecule has 0 bridgehead atoms. The highest BCUT2D eigenvalue weighted by Crippen LogP contribution is 2.45. The molecule has 1 aromatic carbocycles. The van der Waals surface area contributed by atoms with Gasteiger partial charge in [0, 0.05) is 22.9 Å². The van der Waals surface area contributed by atoms with Crippen LogP contribution in [-0.4, -0.2) is 55.8 Å². The van der Waals surface area contributed by atoms with Crippen LogP contribution in [0.5, 0.6) is 0 Å². The highest BCUT2D eigenvalue weighted by atomic mass is 35.5. The number of amides is 3. The average Bonchev–Trinajstić information content (AvgIpc) is 3.23. The van der Waals surface area contributed by atoms with Crippen LogP contribution in [0.1, 0.15) is 28.9 Å². The predicted molar refractivity (Wildman–Crippen MR) is 112 cm³/mol. The summed E-state index contributed by atoms with van der Waals surface area (Å²) in [5, 5.41) is 15.9. The molecule has 1 aliphatic rings. The van der Waals surface area contributed by atoms with Crippen molar-refractivity contribution in [2.75, 3.05) is 39.1 Å². The van der Waals surface area contributed by atoms with E-state index in [1.54, 1.807) is 24.3 Å². The van der Waals surface area contributed by atoms with E-state index in [4.69, 9.17) is 11.6 Å². The van der Waals surface area contributed by atoms with Gasteiger partial charge in [0.25, 0.3) is 0 Å². The molecule has 3 amide bonds. The van der Waals surface area contributed by atoms with Gasteiger partial charge in [-0.25, -0.2) is 9.69 Å². The third-order valence-corrected chi connectivity index (χ3v) is 5.87. The second-order valence-corrected chi connectivity index (χ2v) is 9.33. The largest absolute Gasteiger partial charge is 0.386 e. The molecule has 2 N–H and O–H groups in total. The predicted octanol–water partition coefficient (Wildman–Crippen LogP) is 3.37. The van der Waals surface area contributed by atoms with Crippen molar-refractivity contribution in [3.63, 3.8) is 0 Å². The van der Waals surface area contributed by atoms with E-state index in [0.717, 1.165) is 22.3 Å². The maximum atomic E-state index is 13.1. The van der Waals surface area contributed by atoms with Crippen molar-refractivity contribution in [1.82, 2.24) is 5.32 Å². The lowest BCUT2D eigenvalue weighted by molar-refractivity contribution is -0.870. The van der Waals surface area contributed by atoms with Crippen LogP contribution in [-0.2, 0) is 4.79 Å². The van der Waals surface area contributed by atoms with Crippen LogP contribution in [0.3, 0.4) is 0 Å². The third-order valence-electron chi connectivity index (χ3n) is 4.69. The second-order valence-electron chi connectivity index (χ2n) is 7.91. The summed E-state index contributed by atoms with van der Waals surface area (Å²) >= 11 is 7.50. The van der Waals surface area contributed by atoms with Crippen molar-refractivity contribution < 1.29 is 19.2 Å². The third kappa shape index (κ3) is 4.38. The fourth-order valence-corrected chi connectivity index (χ4v) is 4.26. The Bertz CT molecular complexity index is 864. The molecule has 1 aromatic heterocycles. The number of carbonyl (C=O) groups is 2. The molecule has 3 rings (SSSR count). The van der Waals surface area contributed by atoms with E-state index in [1.165, 1.54) is 11.3 Å². The van der Waals surface area contributed by atoms with Gasteiger partial charge in [0.05, 0.1) is 39.3 Å². The van der Waals surface area contributed by atoms with Gasteiger partial charge in [0.2, 0.25) is 5.91 Å². The molecule has 28 heavy (non-hydrogen) atoms. The number of carbonyl (C=O) groups excluding carboxylic acids is 2. The van der Waals surface area contributed by atoms with E-state index in [0.29, 0.717) is 27.7 Å². The Morgan fingerprint density at radius 2 is 2.11 bits per heavy atom. The summed E-state index contributed by atoms with van der Waals surface area (Å²) in [4.78, 5) is 27.7. The van der Waals surface area contributed by atoms with Gasteiger partial charge in [-0.15, -0.1) is 11.3 Å². The fraction of sp³-hybridized carbons (Fsp3) is 0.400. The minimum atomic E-state index is -1.03. The number of aliphatic hydroxyl groups is 1. The number of thiophene rings is 1. The van der Waals surface area contributed by atoms with E-state index >= 15 is 0 Å². The Morgan fingerprint density at radius 3 is 2.75 bits per heavy atom. The van der Waals surface area contributed by atoms with Gasteiger partial charge in [-0.05, 0) is 35.2 Å². The number of anilines is 1. The minimum absolute atomic E-state index is 0.442. The number of hydrogen-bond donors (Lipinski definition) is 2. The summed E-state index contributed by atoms with van der Waals surface area (Å²) in [5.41, 5.74) is 1.04. The highest BCUT2D eigenvalue weighted by molar-refractivity contribution is 7.10. The number of urea groups is 1. The van der Waals surface area contributed by atoms with Crippen LogP contribution in [0.25, 0.3) is 0 Å². The summed E-state index contributed by atoms with van der Waals surface area (Å²) in [5.74, 6) is -1.30. The van der Waals surface area contributed by atoms with Gasteiger partial charge in [-0.2, -0.15) is 0 Å². The van der Waals surface area contributed by atoms with Crippen LogP contribution in [0.15, 0.2) is 35.7 Å². The average molecular weight is 423 g/mol. The van der Waals surface area contributed by atoms with Crippen molar-refractivity contribution in [3.05, 3.63) is 51.2 Å². The van der Waals surface area contributed by atoms with Crippen LogP contribution in [0.4, 0.5) is 10.5 Å². The molecule has 150 valence electrons. The van der Waals surface area contributed by atoms with Crippen molar-refractivity contribution in [2.24, 2.45) is 0 Å². The van der Waals surface area contributed by atoms with E-state index in [2.05, 4.69) is 26.5 Å². The number of rotatable bonds is 6. The van der Waals surface area contributed by atoms with Crippen LogP contribution < -0.4 is 10.2 Å². The van der Waals surface area contributed by atoms with Crippen LogP contribution >= 0.6 is 22.9 Å². The molecule has 0 saturated heterocycles.